The molecule has 0 fully saturated rings. The summed E-state index contributed by atoms with van der Waals surface area (Å²) in [6.45, 7) is 3.98. The first-order valence-electron chi connectivity index (χ1n) is 6.98. The zero-order valence-electron chi connectivity index (χ0n) is 12.5. The molecule has 5 heteroatoms. The zero-order valence-corrected chi connectivity index (χ0v) is 13.5. The average Bonchev–Trinajstić information content (AvgIpc) is 2.42. The van der Waals surface area contributed by atoms with Crippen molar-refractivity contribution in [2.45, 2.75) is 51.5 Å². The van der Waals surface area contributed by atoms with E-state index < -0.39 is 8.80 Å². The molecular weight excluding hydrogens is 248 g/mol. The fourth-order valence-corrected chi connectivity index (χ4v) is 3.60. The first-order valence-corrected chi connectivity index (χ1v) is 8.91. The van der Waals surface area contributed by atoms with Crippen molar-refractivity contribution >= 4 is 8.80 Å². The van der Waals surface area contributed by atoms with Crippen LogP contribution < -0.4 is 0 Å². The van der Waals surface area contributed by atoms with Crippen LogP contribution in [-0.2, 0) is 18.0 Å². The molecule has 0 aromatic heterocycles. The van der Waals surface area contributed by atoms with Gasteiger partial charge in [-0.15, -0.1) is 0 Å². The molecule has 0 aliphatic rings. The van der Waals surface area contributed by atoms with Gasteiger partial charge in [0.05, 0.1) is 0 Å². The summed E-state index contributed by atoms with van der Waals surface area (Å²) in [5, 5.41) is 0. The summed E-state index contributed by atoms with van der Waals surface area (Å²) in [5.74, 6) is 0. The first-order chi connectivity index (χ1) is 8.74. The lowest BCUT2D eigenvalue weighted by Gasteiger charge is -2.24. The number of hydrogen-bond acceptors (Lipinski definition) is 4. The molecule has 0 radical (unpaired) electrons. The quantitative estimate of drug-likeness (QED) is 0.383. The second-order valence-corrected chi connectivity index (χ2v) is 7.52. The van der Waals surface area contributed by atoms with Gasteiger partial charge in [-0.2, -0.15) is 0 Å². The van der Waals surface area contributed by atoms with E-state index >= 15 is 0 Å². The minimum absolute atomic E-state index is 0.890. The monoisotopic (exact) mass is 278 g/mol. The SMILES string of the molecule is CCCCOCCCCCC[Si](OC)(OC)OC. The van der Waals surface area contributed by atoms with Crippen LogP contribution in [0.15, 0.2) is 0 Å². The Labute approximate surface area is 113 Å². The summed E-state index contributed by atoms with van der Waals surface area (Å²) in [4.78, 5) is 0. The Kier molecular flexibility index (Phi) is 12.1. The predicted molar refractivity (Wildman–Crippen MR) is 75.8 cm³/mol. The molecule has 0 aromatic rings. The third-order valence-corrected chi connectivity index (χ3v) is 5.93. The molecule has 0 bridgehead atoms. The number of rotatable bonds is 13. The van der Waals surface area contributed by atoms with E-state index in [2.05, 4.69) is 6.92 Å². The molecular formula is C13H30O4Si. The third-order valence-electron chi connectivity index (χ3n) is 3.10. The Balaban J connectivity index is 3.38. The van der Waals surface area contributed by atoms with Gasteiger partial charge in [0, 0.05) is 40.6 Å². The van der Waals surface area contributed by atoms with E-state index in [0.29, 0.717) is 0 Å². The molecule has 0 rings (SSSR count). The molecule has 0 aliphatic heterocycles. The van der Waals surface area contributed by atoms with E-state index in [1.165, 1.54) is 25.7 Å². The molecule has 0 N–H and O–H groups in total. The van der Waals surface area contributed by atoms with Gasteiger partial charge in [-0.3, -0.25) is 0 Å². The Morgan fingerprint density at radius 1 is 0.722 bits per heavy atom. The number of ether oxygens (including phenoxy) is 1. The maximum Gasteiger partial charge on any atom is 0.500 e. The smallest absolute Gasteiger partial charge is 0.381 e. The van der Waals surface area contributed by atoms with Crippen LogP contribution in [0, 0.1) is 0 Å². The molecule has 0 atom stereocenters. The van der Waals surface area contributed by atoms with Crippen LogP contribution in [0.3, 0.4) is 0 Å². The summed E-state index contributed by atoms with van der Waals surface area (Å²) in [6, 6.07) is 0.896. The van der Waals surface area contributed by atoms with E-state index in [9.17, 15) is 0 Å². The molecule has 0 unspecified atom stereocenters. The van der Waals surface area contributed by atoms with Gasteiger partial charge in [0.15, 0.2) is 0 Å². The van der Waals surface area contributed by atoms with Gasteiger partial charge in [0.2, 0.25) is 0 Å². The van der Waals surface area contributed by atoms with Gasteiger partial charge in [0.25, 0.3) is 0 Å². The minimum Gasteiger partial charge on any atom is -0.381 e. The molecule has 0 aliphatic carbocycles. The number of unbranched alkanes of at least 4 members (excludes halogenated alkanes) is 4. The third kappa shape index (κ3) is 8.21. The maximum atomic E-state index is 5.52. The second-order valence-electron chi connectivity index (χ2n) is 4.43. The van der Waals surface area contributed by atoms with Crippen LogP contribution in [-0.4, -0.2) is 43.3 Å². The fraction of sp³-hybridized carbons (Fsp3) is 1.00. The molecule has 0 saturated carbocycles. The Hall–Kier alpha value is 0.0569. The summed E-state index contributed by atoms with van der Waals surface area (Å²) >= 11 is 0. The molecule has 4 nitrogen and oxygen atoms in total. The lowest BCUT2D eigenvalue weighted by atomic mass is 10.2. The van der Waals surface area contributed by atoms with Crippen molar-refractivity contribution in [3.63, 3.8) is 0 Å². The first kappa shape index (κ1) is 18.1. The summed E-state index contributed by atoms with van der Waals surface area (Å²) < 4.78 is 21.7. The second kappa shape index (κ2) is 12.1. The number of hydrogen-bond donors (Lipinski definition) is 0. The summed E-state index contributed by atoms with van der Waals surface area (Å²) in [5.41, 5.74) is 0. The van der Waals surface area contributed by atoms with Gasteiger partial charge in [-0.1, -0.05) is 26.2 Å². The minimum atomic E-state index is -2.33. The van der Waals surface area contributed by atoms with Crippen molar-refractivity contribution in [2.75, 3.05) is 34.5 Å². The fourth-order valence-electron chi connectivity index (χ4n) is 1.80. The Morgan fingerprint density at radius 3 is 1.83 bits per heavy atom. The van der Waals surface area contributed by atoms with Crippen LogP contribution in [0.4, 0.5) is 0 Å². The lowest BCUT2D eigenvalue weighted by molar-refractivity contribution is 0.121. The van der Waals surface area contributed by atoms with Gasteiger partial charge in [0.1, 0.15) is 0 Å². The normalized spacial score (nSPS) is 12.0. The molecule has 18 heavy (non-hydrogen) atoms. The van der Waals surface area contributed by atoms with E-state index in [0.717, 1.165) is 32.1 Å². The molecule has 0 spiro atoms. The van der Waals surface area contributed by atoms with Crippen molar-refractivity contribution in [1.82, 2.24) is 0 Å². The van der Waals surface area contributed by atoms with Gasteiger partial charge >= 0.3 is 8.80 Å². The van der Waals surface area contributed by atoms with E-state index in [1.807, 2.05) is 0 Å². The van der Waals surface area contributed by atoms with Crippen molar-refractivity contribution in [3.05, 3.63) is 0 Å². The van der Waals surface area contributed by atoms with Gasteiger partial charge < -0.3 is 18.0 Å². The predicted octanol–water partition coefficient (Wildman–Crippen LogP) is 3.24. The summed E-state index contributed by atoms with van der Waals surface area (Å²) in [7, 11) is 2.67. The van der Waals surface area contributed by atoms with E-state index in [-0.39, 0.29) is 0 Å². The topological polar surface area (TPSA) is 36.9 Å². The maximum absolute atomic E-state index is 5.52. The Bertz CT molecular complexity index is 166. The van der Waals surface area contributed by atoms with Crippen LogP contribution in [0.25, 0.3) is 0 Å². The van der Waals surface area contributed by atoms with Crippen molar-refractivity contribution in [1.29, 1.82) is 0 Å². The van der Waals surface area contributed by atoms with Crippen LogP contribution >= 0.6 is 0 Å². The highest BCUT2D eigenvalue weighted by molar-refractivity contribution is 6.60. The molecule has 0 heterocycles. The van der Waals surface area contributed by atoms with Crippen molar-refractivity contribution in [3.8, 4) is 0 Å². The van der Waals surface area contributed by atoms with Crippen molar-refractivity contribution in [2.24, 2.45) is 0 Å². The molecule has 110 valence electrons. The van der Waals surface area contributed by atoms with Gasteiger partial charge in [-0.25, -0.2) is 0 Å². The molecule has 0 saturated heterocycles. The standard InChI is InChI=1S/C13H30O4Si/c1-5-6-11-17-12-9-7-8-10-13-18(14-2,15-3)16-4/h5-13H2,1-4H3. The van der Waals surface area contributed by atoms with Gasteiger partial charge in [-0.05, 0) is 19.3 Å². The molecule has 0 amide bonds. The van der Waals surface area contributed by atoms with E-state index in [4.69, 9.17) is 18.0 Å². The van der Waals surface area contributed by atoms with Crippen LogP contribution in [0.2, 0.25) is 6.04 Å². The highest BCUT2D eigenvalue weighted by Crippen LogP contribution is 2.17. The van der Waals surface area contributed by atoms with Crippen LogP contribution in [0.1, 0.15) is 45.4 Å². The Morgan fingerprint density at radius 2 is 1.28 bits per heavy atom. The lowest BCUT2D eigenvalue weighted by Crippen LogP contribution is -2.42. The summed E-state index contributed by atoms with van der Waals surface area (Å²) in [6.07, 6.45) is 7.00. The largest absolute Gasteiger partial charge is 0.500 e. The molecule has 0 aromatic carbocycles. The van der Waals surface area contributed by atoms with Crippen molar-refractivity contribution < 1.29 is 18.0 Å². The highest BCUT2D eigenvalue weighted by Gasteiger charge is 2.36. The van der Waals surface area contributed by atoms with E-state index in [1.54, 1.807) is 21.3 Å². The van der Waals surface area contributed by atoms with Crippen LogP contribution in [0.5, 0.6) is 0 Å². The zero-order chi connectivity index (χ0) is 13.7. The highest BCUT2D eigenvalue weighted by atomic mass is 28.4. The average molecular weight is 278 g/mol.